The van der Waals surface area contributed by atoms with Crippen molar-refractivity contribution in [3.8, 4) is 0 Å². The first-order chi connectivity index (χ1) is 15.1. The third-order valence-corrected chi connectivity index (χ3v) is 4.79. The lowest BCUT2D eigenvalue weighted by Gasteiger charge is -2.28. The monoisotopic (exact) mass is 480 g/mol. The van der Waals surface area contributed by atoms with Crippen molar-refractivity contribution in [2.45, 2.75) is 31.9 Å². The van der Waals surface area contributed by atoms with Gasteiger partial charge in [-0.05, 0) is 44.8 Å². The van der Waals surface area contributed by atoms with Crippen LogP contribution in [0.25, 0.3) is 0 Å². The van der Waals surface area contributed by atoms with E-state index in [1.165, 1.54) is 12.1 Å². The summed E-state index contributed by atoms with van der Waals surface area (Å²) >= 11 is 0. The molecule has 1 N–H and O–H groups in total. The molecular formula is C20H22F6N4O3. The second-order valence-corrected chi connectivity index (χ2v) is 7.59. The van der Waals surface area contributed by atoms with Gasteiger partial charge in [-0.15, -0.1) is 0 Å². The number of hydrogen-bond donors (Lipinski definition) is 1. The summed E-state index contributed by atoms with van der Waals surface area (Å²) in [6.45, 7) is 1.67. The molecule has 33 heavy (non-hydrogen) atoms. The summed E-state index contributed by atoms with van der Waals surface area (Å²) in [6.07, 6.45) is -8.79. The fourth-order valence-corrected chi connectivity index (χ4v) is 3.24. The van der Waals surface area contributed by atoms with Crippen LogP contribution < -0.4 is 0 Å². The first kappa shape index (κ1) is 26.2. The molecule has 0 unspecified atom stereocenters. The van der Waals surface area contributed by atoms with Gasteiger partial charge in [0.25, 0.3) is 5.91 Å². The van der Waals surface area contributed by atoms with E-state index >= 15 is 0 Å². The number of carboxylic acids is 1. The number of aryl methyl sites for hydroxylation is 1. The maximum Gasteiger partial charge on any atom is 0.490 e. The number of amides is 1. The molecule has 182 valence electrons. The molecule has 0 spiro atoms. The number of carbonyl (C=O) groups excluding carboxylic acids is 1. The van der Waals surface area contributed by atoms with Crippen LogP contribution in [-0.4, -0.2) is 63.4 Å². The summed E-state index contributed by atoms with van der Waals surface area (Å²) in [6, 6.07) is 4.37. The molecular weight excluding hydrogens is 458 g/mol. The molecule has 1 aliphatic rings. The van der Waals surface area contributed by atoms with E-state index in [9.17, 15) is 31.1 Å². The minimum atomic E-state index is -5.08. The normalized spacial score (nSPS) is 13.9. The molecule has 0 fully saturated rings. The van der Waals surface area contributed by atoms with Gasteiger partial charge < -0.3 is 14.9 Å². The Labute approximate surface area is 185 Å². The molecule has 1 aliphatic heterocycles. The van der Waals surface area contributed by atoms with Crippen molar-refractivity contribution in [1.29, 1.82) is 0 Å². The summed E-state index contributed by atoms with van der Waals surface area (Å²) < 4.78 is 71.5. The lowest BCUT2D eigenvalue weighted by atomic mass is 10.0. The zero-order chi connectivity index (χ0) is 25.1. The molecule has 2 aromatic rings. The van der Waals surface area contributed by atoms with E-state index < -0.39 is 23.9 Å². The van der Waals surface area contributed by atoms with Crippen LogP contribution >= 0.6 is 0 Å². The van der Waals surface area contributed by atoms with Crippen LogP contribution in [0.1, 0.15) is 32.9 Å². The number of alkyl halides is 6. The summed E-state index contributed by atoms with van der Waals surface area (Å²) in [5, 5.41) is 11.7. The number of rotatable bonds is 3. The van der Waals surface area contributed by atoms with Crippen molar-refractivity contribution in [3.05, 3.63) is 52.3 Å². The first-order valence-corrected chi connectivity index (χ1v) is 9.56. The van der Waals surface area contributed by atoms with Gasteiger partial charge in [0, 0.05) is 31.3 Å². The number of carbonyl (C=O) groups is 2. The minimum absolute atomic E-state index is 0.261. The fraction of sp³-hybridized carbons (Fsp3) is 0.450. The van der Waals surface area contributed by atoms with E-state index in [1.807, 2.05) is 26.0 Å². The molecule has 7 nitrogen and oxygen atoms in total. The van der Waals surface area contributed by atoms with Crippen molar-refractivity contribution in [2.75, 3.05) is 20.6 Å². The maximum atomic E-state index is 12.7. The zero-order valence-corrected chi connectivity index (χ0v) is 18.0. The standard InChI is InChI=1S/C18H21F3N4O.C2HF3O2/c1-23(2)10-15-14-8-9-25(11-16(14)24(3)22-15)17(26)12-4-6-13(7-5-12)18(19,20)21;3-2(4,5)1(6)7/h4-7H,8-11H2,1-3H3;(H,6,7). The highest BCUT2D eigenvalue weighted by atomic mass is 19.4. The van der Waals surface area contributed by atoms with Gasteiger partial charge in [-0.2, -0.15) is 31.4 Å². The maximum absolute atomic E-state index is 12.7. The highest BCUT2D eigenvalue weighted by Gasteiger charge is 2.38. The Morgan fingerprint density at radius 2 is 1.64 bits per heavy atom. The van der Waals surface area contributed by atoms with E-state index in [0.29, 0.717) is 19.5 Å². The lowest BCUT2D eigenvalue weighted by molar-refractivity contribution is -0.192. The number of aromatic nitrogens is 2. The van der Waals surface area contributed by atoms with E-state index in [2.05, 4.69) is 5.10 Å². The molecule has 1 aromatic heterocycles. The van der Waals surface area contributed by atoms with Gasteiger partial charge in [0.2, 0.25) is 0 Å². The van der Waals surface area contributed by atoms with Crippen molar-refractivity contribution in [1.82, 2.24) is 19.6 Å². The molecule has 2 heterocycles. The van der Waals surface area contributed by atoms with E-state index in [4.69, 9.17) is 9.90 Å². The van der Waals surface area contributed by atoms with Gasteiger partial charge in [0.15, 0.2) is 0 Å². The van der Waals surface area contributed by atoms with Crippen molar-refractivity contribution in [3.63, 3.8) is 0 Å². The van der Waals surface area contributed by atoms with Gasteiger partial charge >= 0.3 is 18.3 Å². The van der Waals surface area contributed by atoms with Crippen LogP contribution in [0.2, 0.25) is 0 Å². The second-order valence-electron chi connectivity index (χ2n) is 7.59. The SMILES string of the molecule is CN(C)Cc1nn(C)c2c1CCN(C(=O)c1ccc(C(F)(F)F)cc1)C2.O=C(O)C(F)(F)F. The van der Waals surface area contributed by atoms with Gasteiger partial charge in [-0.25, -0.2) is 4.79 Å². The smallest absolute Gasteiger partial charge is 0.475 e. The van der Waals surface area contributed by atoms with E-state index in [0.717, 1.165) is 35.6 Å². The highest BCUT2D eigenvalue weighted by Crippen LogP contribution is 2.30. The fourth-order valence-electron chi connectivity index (χ4n) is 3.24. The van der Waals surface area contributed by atoms with Gasteiger partial charge in [-0.3, -0.25) is 9.48 Å². The summed E-state index contributed by atoms with van der Waals surface area (Å²) in [7, 11) is 5.80. The molecule has 3 rings (SSSR count). The third-order valence-electron chi connectivity index (χ3n) is 4.79. The Bertz CT molecular complexity index is 997. The summed E-state index contributed by atoms with van der Waals surface area (Å²) in [5.74, 6) is -3.02. The van der Waals surface area contributed by atoms with Crippen LogP contribution in [0.4, 0.5) is 26.3 Å². The lowest BCUT2D eigenvalue weighted by Crippen LogP contribution is -2.36. The topological polar surface area (TPSA) is 78.7 Å². The van der Waals surface area contributed by atoms with Crippen molar-refractivity contribution >= 4 is 11.9 Å². The predicted octanol–water partition coefficient (Wildman–Crippen LogP) is 3.33. The minimum Gasteiger partial charge on any atom is -0.475 e. The quantitative estimate of drug-likeness (QED) is 0.682. The molecule has 0 radical (unpaired) electrons. The van der Waals surface area contributed by atoms with Crippen molar-refractivity contribution < 1.29 is 41.0 Å². The molecule has 0 saturated carbocycles. The highest BCUT2D eigenvalue weighted by molar-refractivity contribution is 5.94. The molecule has 1 amide bonds. The number of aliphatic carboxylic acids is 1. The van der Waals surface area contributed by atoms with Crippen LogP contribution in [0, 0.1) is 0 Å². The number of fused-ring (bicyclic) bond motifs is 1. The molecule has 0 atom stereocenters. The van der Waals surface area contributed by atoms with E-state index in [-0.39, 0.29) is 11.5 Å². The largest absolute Gasteiger partial charge is 0.490 e. The average Bonchev–Trinajstić information content (AvgIpc) is 3.01. The third kappa shape index (κ3) is 6.70. The van der Waals surface area contributed by atoms with Crippen molar-refractivity contribution in [2.24, 2.45) is 7.05 Å². The number of halogens is 6. The number of nitrogens with zero attached hydrogens (tertiary/aromatic N) is 4. The van der Waals surface area contributed by atoms with Crippen LogP contribution in [-0.2, 0) is 37.5 Å². The average molecular weight is 480 g/mol. The Morgan fingerprint density at radius 1 is 1.09 bits per heavy atom. The Hall–Kier alpha value is -3.09. The van der Waals surface area contributed by atoms with Gasteiger partial charge in [0.1, 0.15) is 0 Å². The number of benzene rings is 1. The molecule has 0 bridgehead atoms. The van der Waals surface area contributed by atoms with Gasteiger partial charge in [0.05, 0.1) is 23.5 Å². The number of carboxylic acid groups (broad SMARTS) is 1. The Kier molecular flexibility index (Phi) is 7.78. The molecule has 1 aromatic carbocycles. The van der Waals surface area contributed by atoms with Gasteiger partial charge in [-0.1, -0.05) is 0 Å². The molecule has 13 heteroatoms. The van der Waals surface area contributed by atoms with E-state index in [1.54, 1.807) is 9.58 Å². The first-order valence-electron chi connectivity index (χ1n) is 9.56. The molecule has 0 saturated heterocycles. The molecule has 0 aliphatic carbocycles. The predicted molar refractivity (Wildman–Crippen MR) is 104 cm³/mol. The number of hydrogen-bond acceptors (Lipinski definition) is 4. The van der Waals surface area contributed by atoms with Crippen LogP contribution in [0.3, 0.4) is 0 Å². The van der Waals surface area contributed by atoms with Crippen LogP contribution in [0.5, 0.6) is 0 Å². The van der Waals surface area contributed by atoms with Crippen LogP contribution in [0.15, 0.2) is 24.3 Å². The Balaban J connectivity index is 0.000000479. The second kappa shape index (κ2) is 9.81. The zero-order valence-electron chi connectivity index (χ0n) is 18.0. The Morgan fingerprint density at radius 3 is 2.09 bits per heavy atom. The summed E-state index contributed by atoms with van der Waals surface area (Å²) in [5.41, 5.74) is 2.66. The summed E-state index contributed by atoms with van der Waals surface area (Å²) in [4.78, 5) is 25.3.